The zero-order valence-electron chi connectivity index (χ0n) is 15.4. The van der Waals surface area contributed by atoms with Crippen LogP contribution in [0.15, 0.2) is 48.5 Å². The highest BCUT2D eigenvalue weighted by molar-refractivity contribution is 6.31. The average Bonchev–Trinajstić information content (AvgIpc) is 2.95. The van der Waals surface area contributed by atoms with E-state index in [1.165, 1.54) is 4.90 Å². The second-order valence-electron chi connectivity index (χ2n) is 7.14. The van der Waals surface area contributed by atoms with Gasteiger partial charge in [-0.3, -0.25) is 19.3 Å². The standard InChI is InChI=1S/C21H20ClN3O3/c22-18-8-4-1-5-15(18)13-23-9-11-24(12-10-23)19(26)14-25-20(27)16-6-2-3-7-17(16)21(25)28/h1-8H,9-14H2/p+1. The number of quaternary nitrogens is 1. The van der Waals surface area contributed by atoms with Gasteiger partial charge in [-0.2, -0.15) is 0 Å². The van der Waals surface area contributed by atoms with Crippen LogP contribution in [0.2, 0.25) is 5.02 Å². The fourth-order valence-electron chi connectivity index (χ4n) is 3.78. The van der Waals surface area contributed by atoms with Crippen molar-refractivity contribution in [3.05, 3.63) is 70.2 Å². The van der Waals surface area contributed by atoms with Crippen LogP contribution in [-0.2, 0) is 11.3 Å². The Morgan fingerprint density at radius 3 is 2.11 bits per heavy atom. The number of imide groups is 1. The summed E-state index contributed by atoms with van der Waals surface area (Å²) in [5.41, 5.74) is 1.84. The van der Waals surface area contributed by atoms with Gasteiger partial charge in [0.15, 0.2) is 0 Å². The second-order valence-corrected chi connectivity index (χ2v) is 7.55. The molecule has 2 aliphatic heterocycles. The van der Waals surface area contributed by atoms with Gasteiger partial charge in [0, 0.05) is 10.6 Å². The number of nitrogens with zero attached hydrogens (tertiary/aromatic N) is 2. The van der Waals surface area contributed by atoms with E-state index >= 15 is 0 Å². The molecule has 2 aromatic carbocycles. The van der Waals surface area contributed by atoms with Gasteiger partial charge in [-0.15, -0.1) is 0 Å². The highest BCUT2D eigenvalue weighted by Crippen LogP contribution is 2.22. The van der Waals surface area contributed by atoms with Crippen LogP contribution in [0.25, 0.3) is 0 Å². The molecule has 0 aliphatic carbocycles. The third kappa shape index (κ3) is 3.53. The van der Waals surface area contributed by atoms with Gasteiger partial charge in [0.25, 0.3) is 11.8 Å². The first kappa shape index (κ1) is 18.7. The minimum absolute atomic E-state index is 0.189. The van der Waals surface area contributed by atoms with Crippen LogP contribution in [0.5, 0.6) is 0 Å². The number of carbonyl (C=O) groups is 3. The first-order valence-corrected chi connectivity index (χ1v) is 9.72. The molecule has 0 bridgehead atoms. The number of hydrogen-bond donors (Lipinski definition) is 1. The summed E-state index contributed by atoms with van der Waals surface area (Å²) in [6, 6.07) is 14.5. The van der Waals surface area contributed by atoms with Gasteiger partial charge in [-0.1, -0.05) is 41.9 Å². The minimum Gasteiger partial charge on any atom is -0.330 e. The van der Waals surface area contributed by atoms with Crippen molar-refractivity contribution in [3.63, 3.8) is 0 Å². The number of amides is 3. The molecule has 6 nitrogen and oxygen atoms in total. The monoisotopic (exact) mass is 398 g/mol. The lowest BCUT2D eigenvalue weighted by Gasteiger charge is -2.33. The number of nitrogens with one attached hydrogen (secondary N) is 1. The smallest absolute Gasteiger partial charge is 0.262 e. The maximum Gasteiger partial charge on any atom is 0.262 e. The normalized spacial score (nSPS) is 17.2. The number of fused-ring (bicyclic) bond motifs is 1. The summed E-state index contributed by atoms with van der Waals surface area (Å²) < 4.78 is 0. The van der Waals surface area contributed by atoms with E-state index in [1.807, 2.05) is 24.3 Å². The average molecular weight is 399 g/mol. The number of hydrogen-bond acceptors (Lipinski definition) is 3. The van der Waals surface area contributed by atoms with Crippen molar-refractivity contribution in [1.29, 1.82) is 0 Å². The maximum atomic E-state index is 12.7. The zero-order valence-corrected chi connectivity index (χ0v) is 16.1. The molecule has 2 aromatic rings. The van der Waals surface area contributed by atoms with E-state index < -0.39 is 11.8 Å². The van der Waals surface area contributed by atoms with Gasteiger partial charge < -0.3 is 9.80 Å². The van der Waals surface area contributed by atoms with Gasteiger partial charge in [-0.05, 0) is 18.2 Å². The van der Waals surface area contributed by atoms with Crippen LogP contribution in [0, 0.1) is 0 Å². The van der Waals surface area contributed by atoms with Crippen LogP contribution < -0.4 is 4.90 Å². The fourth-order valence-corrected chi connectivity index (χ4v) is 3.98. The number of carbonyl (C=O) groups excluding carboxylic acids is 3. The first-order valence-electron chi connectivity index (χ1n) is 9.34. The molecule has 0 saturated carbocycles. The van der Waals surface area contributed by atoms with E-state index in [0.717, 1.165) is 35.1 Å². The minimum atomic E-state index is -0.392. The Hall–Kier alpha value is -2.70. The van der Waals surface area contributed by atoms with Gasteiger partial charge in [0.05, 0.1) is 37.3 Å². The summed E-state index contributed by atoms with van der Waals surface area (Å²) in [4.78, 5) is 41.7. The van der Waals surface area contributed by atoms with Crippen LogP contribution in [0.1, 0.15) is 26.3 Å². The van der Waals surface area contributed by atoms with Crippen LogP contribution in [0.4, 0.5) is 0 Å². The Kier molecular flexibility index (Phi) is 5.15. The maximum absolute atomic E-state index is 12.7. The Morgan fingerprint density at radius 2 is 1.50 bits per heavy atom. The molecule has 3 amide bonds. The highest BCUT2D eigenvalue weighted by atomic mass is 35.5. The summed E-state index contributed by atoms with van der Waals surface area (Å²) in [6.45, 7) is 3.42. The molecule has 0 spiro atoms. The molecule has 0 atom stereocenters. The molecule has 0 aromatic heterocycles. The molecule has 2 heterocycles. The number of piperazine rings is 1. The molecule has 1 saturated heterocycles. The predicted molar refractivity (Wildman–Crippen MR) is 104 cm³/mol. The molecule has 0 radical (unpaired) electrons. The predicted octanol–water partition coefficient (Wildman–Crippen LogP) is 0.863. The third-order valence-corrected chi connectivity index (χ3v) is 5.76. The fraction of sp³-hybridized carbons (Fsp3) is 0.286. The van der Waals surface area contributed by atoms with Crippen molar-refractivity contribution >= 4 is 29.3 Å². The molecule has 4 rings (SSSR count). The quantitative estimate of drug-likeness (QED) is 0.777. The summed E-state index contributed by atoms with van der Waals surface area (Å²) >= 11 is 6.24. The molecule has 2 aliphatic rings. The summed E-state index contributed by atoms with van der Waals surface area (Å²) in [7, 11) is 0. The lowest BCUT2D eigenvalue weighted by molar-refractivity contribution is -0.917. The van der Waals surface area contributed by atoms with Gasteiger partial charge >= 0.3 is 0 Å². The van der Waals surface area contributed by atoms with E-state index in [2.05, 4.69) is 0 Å². The summed E-state index contributed by atoms with van der Waals surface area (Å²) in [6.07, 6.45) is 0. The number of rotatable bonds is 4. The molecule has 1 fully saturated rings. The summed E-state index contributed by atoms with van der Waals surface area (Å²) in [5, 5.41) is 0.763. The van der Waals surface area contributed by atoms with Gasteiger partial charge in [0.1, 0.15) is 13.1 Å². The SMILES string of the molecule is O=C(CN1C(=O)c2ccccc2C1=O)N1CC[NH+](Cc2ccccc2Cl)CC1. The largest absolute Gasteiger partial charge is 0.330 e. The first-order chi connectivity index (χ1) is 13.5. The van der Waals surface area contributed by atoms with Crippen LogP contribution >= 0.6 is 11.6 Å². The van der Waals surface area contributed by atoms with Crippen molar-refractivity contribution in [3.8, 4) is 0 Å². The molecule has 28 heavy (non-hydrogen) atoms. The van der Waals surface area contributed by atoms with Crippen molar-refractivity contribution < 1.29 is 19.3 Å². The Balaban J connectivity index is 1.33. The number of benzene rings is 2. The van der Waals surface area contributed by atoms with Crippen molar-refractivity contribution in [2.45, 2.75) is 6.54 Å². The third-order valence-electron chi connectivity index (χ3n) is 5.39. The lowest BCUT2D eigenvalue weighted by atomic mass is 10.1. The van der Waals surface area contributed by atoms with Gasteiger partial charge in [-0.25, -0.2) is 0 Å². The number of halogens is 1. The molecule has 1 N–H and O–H groups in total. The van der Waals surface area contributed by atoms with Crippen LogP contribution in [0.3, 0.4) is 0 Å². The van der Waals surface area contributed by atoms with E-state index in [0.29, 0.717) is 24.2 Å². The van der Waals surface area contributed by atoms with Crippen LogP contribution in [-0.4, -0.2) is 60.2 Å². The molecular formula is C21H21ClN3O3+. The second kappa shape index (κ2) is 7.73. The molecule has 144 valence electrons. The Labute approximate surface area is 168 Å². The van der Waals surface area contributed by atoms with E-state index in [9.17, 15) is 14.4 Å². The molecule has 7 heteroatoms. The summed E-state index contributed by atoms with van der Waals surface area (Å²) in [5.74, 6) is -0.972. The van der Waals surface area contributed by atoms with Crippen molar-refractivity contribution in [2.75, 3.05) is 32.7 Å². The van der Waals surface area contributed by atoms with Crippen molar-refractivity contribution in [2.24, 2.45) is 0 Å². The zero-order chi connectivity index (χ0) is 19.7. The van der Waals surface area contributed by atoms with E-state index in [-0.39, 0.29) is 12.5 Å². The topological polar surface area (TPSA) is 62.1 Å². The Bertz CT molecular complexity index is 903. The molecular weight excluding hydrogens is 378 g/mol. The van der Waals surface area contributed by atoms with Crippen molar-refractivity contribution in [1.82, 2.24) is 9.80 Å². The highest BCUT2D eigenvalue weighted by Gasteiger charge is 2.37. The molecule has 0 unspecified atom stereocenters. The lowest BCUT2D eigenvalue weighted by Crippen LogP contribution is -3.13. The van der Waals surface area contributed by atoms with E-state index in [4.69, 9.17) is 11.6 Å². The Morgan fingerprint density at radius 1 is 0.929 bits per heavy atom. The van der Waals surface area contributed by atoms with E-state index in [1.54, 1.807) is 29.2 Å². The van der Waals surface area contributed by atoms with Gasteiger partial charge in [0.2, 0.25) is 5.91 Å².